The Morgan fingerprint density at radius 1 is 1.46 bits per heavy atom. The van der Waals surface area contributed by atoms with Gasteiger partial charge in [-0.2, -0.15) is 0 Å². The molecule has 0 fully saturated rings. The van der Waals surface area contributed by atoms with Gasteiger partial charge in [0.05, 0.1) is 13.0 Å². The van der Waals surface area contributed by atoms with Crippen LogP contribution in [0.4, 0.5) is 0 Å². The molecule has 0 aliphatic rings. The van der Waals surface area contributed by atoms with Crippen molar-refractivity contribution >= 4 is 5.97 Å². The van der Waals surface area contributed by atoms with E-state index in [0.717, 1.165) is 18.5 Å². The maximum absolute atomic E-state index is 10.9. The molecule has 0 amide bonds. The van der Waals surface area contributed by atoms with Crippen LogP contribution >= 0.6 is 0 Å². The standard InChI is InChI=1S/C10H19NO2/c1-4-9(3)8-11-7-6-10(12)13-5-2/h11H,3-8H2,1-2H3. The van der Waals surface area contributed by atoms with E-state index in [1.807, 2.05) is 6.92 Å². The van der Waals surface area contributed by atoms with Crippen molar-refractivity contribution in [2.75, 3.05) is 19.7 Å². The highest BCUT2D eigenvalue weighted by molar-refractivity contribution is 5.69. The molecule has 0 aromatic carbocycles. The first-order chi connectivity index (χ1) is 6.20. The highest BCUT2D eigenvalue weighted by Gasteiger charge is 1.99. The normalized spacial score (nSPS) is 9.69. The largest absolute Gasteiger partial charge is 0.466 e. The summed E-state index contributed by atoms with van der Waals surface area (Å²) in [5, 5.41) is 3.13. The Labute approximate surface area is 80.2 Å². The maximum Gasteiger partial charge on any atom is 0.307 e. The van der Waals surface area contributed by atoms with Crippen molar-refractivity contribution in [3.63, 3.8) is 0 Å². The molecule has 3 nitrogen and oxygen atoms in total. The Balaban J connectivity index is 3.25. The first-order valence-corrected chi connectivity index (χ1v) is 4.73. The second kappa shape index (κ2) is 7.80. The fourth-order valence-corrected chi connectivity index (χ4v) is 0.814. The molecule has 0 aromatic heterocycles. The molecule has 1 N–H and O–H groups in total. The first-order valence-electron chi connectivity index (χ1n) is 4.73. The predicted octanol–water partition coefficient (Wildman–Crippen LogP) is 1.50. The minimum atomic E-state index is -0.142. The minimum Gasteiger partial charge on any atom is -0.466 e. The summed E-state index contributed by atoms with van der Waals surface area (Å²) in [6, 6.07) is 0. The highest BCUT2D eigenvalue weighted by atomic mass is 16.5. The average Bonchev–Trinajstić information content (AvgIpc) is 2.12. The second-order valence-electron chi connectivity index (χ2n) is 2.84. The minimum absolute atomic E-state index is 0.142. The van der Waals surface area contributed by atoms with Gasteiger partial charge in [-0.25, -0.2) is 0 Å². The molecular weight excluding hydrogens is 166 g/mol. The molecular formula is C10H19NO2. The smallest absolute Gasteiger partial charge is 0.307 e. The van der Waals surface area contributed by atoms with Crippen molar-refractivity contribution in [3.05, 3.63) is 12.2 Å². The van der Waals surface area contributed by atoms with Gasteiger partial charge in [0.1, 0.15) is 0 Å². The molecule has 3 heteroatoms. The fraction of sp³-hybridized carbons (Fsp3) is 0.700. The van der Waals surface area contributed by atoms with Crippen molar-refractivity contribution in [2.24, 2.45) is 0 Å². The molecule has 0 aromatic rings. The molecule has 0 bridgehead atoms. The first kappa shape index (κ1) is 12.2. The van der Waals surface area contributed by atoms with Crippen LogP contribution in [-0.4, -0.2) is 25.7 Å². The third-order valence-electron chi connectivity index (χ3n) is 1.69. The summed E-state index contributed by atoms with van der Waals surface area (Å²) >= 11 is 0. The van der Waals surface area contributed by atoms with Gasteiger partial charge in [0.25, 0.3) is 0 Å². The predicted molar refractivity (Wildman–Crippen MR) is 53.6 cm³/mol. The zero-order chi connectivity index (χ0) is 10.1. The molecule has 0 radical (unpaired) electrons. The summed E-state index contributed by atoms with van der Waals surface area (Å²) in [6.07, 6.45) is 1.41. The molecule has 0 saturated heterocycles. The van der Waals surface area contributed by atoms with Crippen LogP contribution in [0.2, 0.25) is 0 Å². The number of carbonyl (C=O) groups excluding carboxylic acids is 1. The van der Waals surface area contributed by atoms with Crippen molar-refractivity contribution in [2.45, 2.75) is 26.7 Å². The van der Waals surface area contributed by atoms with E-state index in [1.54, 1.807) is 0 Å². The Morgan fingerprint density at radius 2 is 2.15 bits per heavy atom. The van der Waals surface area contributed by atoms with E-state index in [1.165, 1.54) is 0 Å². The van der Waals surface area contributed by atoms with E-state index >= 15 is 0 Å². The molecule has 13 heavy (non-hydrogen) atoms. The Bertz CT molecular complexity index is 166. The molecule has 0 aliphatic carbocycles. The van der Waals surface area contributed by atoms with Gasteiger partial charge in [0, 0.05) is 13.1 Å². The van der Waals surface area contributed by atoms with Crippen LogP contribution in [0.25, 0.3) is 0 Å². The number of hydrogen-bond acceptors (Lipinski definition) is 3. The lowest BCUT2D eigenvalue weighted by molar-refractivity contribution is -0.142. The van der Waals surface area contributed by atoms with Gasteiger partial charge in [-0.15, -0.1) is 0 Å². The number of hydrogen-bond donors (Lipinski definition) is 1. The van der Waals surface area contributed by atoms with E-state index in [-0.39, 0.29) is 5.97 Å². The quantitative estimate of drug-likeness (QED) is 0.371. The lowest BCUT2D eigenvalue weighted by Crippen LogP contribution is -2.21. The zero-order valence-electron chi connectivity index (χ0n) is 8.56. The van der Waals surface area contributed by atoms with E-state index in [4.69, 9.17) is 4.74 Å². The summed E-state index contributed by atoms with van der Waals surface area (Å²) in [7, 11) is 0. The molecule has 0 unspecified atom stereocenters. The van der Waals surface area contributed by atoms with E-state index < -0.39 is 0 Å². The van der Waals surface area contributed by atoms with Gasteiger partial charge in [0.2, 0.25) is 0 Å². The Morgan fingerprint density at radius 3 is 2.69 bits per heavy atom. The summed E-state index contributed by atoms with van der Waals surface area (Å²) in [4.78, 5) is 10.9. The van der Waals surface area contributed by atoms with E-state index in [2.05, 4.69) is 18.8 Å². The third kappa shape index (κ3) is 7.53. The lowest BCUT2D eigenvalue weighted by Gasteiger charge is -2.05. The molecule has 0 spiro atoms. The summed E-state index contributed by atoms with van der Waals surface area (Å²) in [6.45, 7) is 9.63. The van der Waals surface area contributed by atoms with Gasteiger partial charge in [-0.1, -0.05) is 19.1 Å². The van der Waals surface area contributed by atoms with Gasteiger partial charge < -0.3 is 10.1 Å². The third-order valence-corrected chi connectivity index (χ3v) is 1.69. The van der Waals surface area contributed by atoms with Crippen molar-refractivity contribution < 1.29 is 9.53 Å². The summed E-state index contributed by atoms with van der Waals surface area (Å²) in [5.74, 6) is -0.142. The summed E-state index contributed by atoms with van der Waals surface area (Å²) < 4.78 is 4.77. The van der Waals surface area contributed by atoms with Crippen LogP contribution in [0.5, 0.6) is 0 Å². The second-order valence-corrected chi connectivity index (χ2v) is 2.84. The van der Waals surface area contributed by atoms with Crippen LogP contribution in [0.15, 0.2) is 12.2 Å². The summed E-state index contributed by atoms with van der Waals surface area (Å²) in [5.41, 5.74) is 1.16. The Hall–Kier alpha value is -0.830. The maximum atomic E-state index is 10.9. The molecule has 0 aliphatic heterocycles. The fourth-order valence-electron chi connectivity index (χ4n) is 0.814. The number of ether oxygens (including phenoxy) is 1. The lowest BCUT2D eigenvalue weighted by atomic mass is 10.2. The van der Waals surface area contributed by atoms with Gasteiger partial charge in [0.15, 0.2) is 0 Å². The molecule has 0 atom stereocenters. The van der Waals surface area contributed by atoms with Gasteiger partial charge in [-0.3, -0.25) is 4.79 Å². The monoisotopic (exact) mass is 185 g/mol. The van der Waals surface area contributed by atoms with Crippen molar-refractivity contribution in [1.29, 1.82) is 0 Å². The van der Waals surface area contributed by atoms with E-state index in [0.29, 0.717) is 19.6 Å². The molecule has 0 rings (SSSR count). The number of nitrogens with one attached hydrogen (secondary N) is 1. The van der Waals surface area contributed by atoms with Crippen LogP contribution in [0.1, 0.15) is 26.7 Å². The topological polar surface area (TPSA) is 38.3 Å². The van der Waals surface area contributed by atoms with Crippen molar-refractivity contribution in [1.82, 2.24) is 5.32 Å². The van der Waals surface area contributed by atoms with Crippen LogP contribution in [0, 0.1) is 0 Å². The van der Waals surface area contributed by atoms with Gasteiger partial charge in [-0.05, 0) is 13.3 Å². The van der Waals surface area contributed by atoms with Crippen molar-refractivity contribution in [3.8, 4) is 0 Å². The SMILES string of the molecule is C=C(CC)CNCCC(=O)OCC. The zero-order valence-corrected chi connectivity index (χ0v) is 8.56. The number of carbonyl (C=O) groups is 1. The van der Waals surface area contributed by atoms with Crippen LogP contribution in [0.3, 0.4) is 0 Å². The molecule has 0 saturated carbocycles. The highest BCUT2D eigenvalue weighted by Crippen LogP contribution is 1.92. The Kier molecular flexibility index (Phi) is 7.30. The van der Waals surface area contributed by atoms with Gasteiger partial charge >= 0.3 is 5.97 Å². The number of esters is 1. The molecule has 76 valence electrons. The van der Waals surface area contributed by atoms with Crippen LogP contribution in [-0.2, 0) is 9.53 Å². The average molecular weight is 185 g/mol. The molecule has 0 heterocycles. The van der Waals surface area contributed by atoms with E-state index in [9.17, 15) is 4.79 Å². The number of rotatable bonds is 7. The van der Waals surface area contributed by atoms with Crippen LogP contribution < -0.4 is 5.32 Å².